The van der Waals surface area contributed by atoms with Gasteiger partial charge in [0.05, 0.1) is 7.11 Å². The van der Waals surface area contributed by atoms with E-state index in [0.29, 0.717) is 23.1 Å². The maximum absolute atomic E-state index is 13.0. The maximum Gasteiger partial charge on any atom is 0.247 e. The highest BCUT2D eigenvalue weighted by atomic mass is 32.2. The Morgan fingerprint density at radius 2 is 2.00 bits per heavy atom. The monoisotopic (exact) mass is 295 g/mol. The SMILES string of the molecule is COc1ccc(C)cc1S(=O)(=O)N1CCCC1C1CC1. The fraction of sp³-hybridized carbons (Fsp3) is 0.600. The van der Waals surface area contributed by atoms with Gasteiger partial charge in [-0.1, -0.05) is 6.07 Å². The van der Waals surface area contributed by atoms with Gasteiger partial charge in [0.15, 0.2) is 0 Å². The smallest absolute Gasteiger partial charge is 0.247 e. The Morgan fingerprint density at radius 3 is 2.65 bits per heavy atom. The standard InChI is InChI=1S/C15H21NO3S/c1-11-5-8-14(19-2)15(10-11)20(17,18)16-9-3-4-13(16)12-6-7-12/h5,8,10,12-13H,3-4,6-7,9H2,1-2H3. The van der Waals surface area contributed by atoms with Crippen LogP contribution in [0.3, 0.4) is 0 Å². The molecule has 20 heavy (non-hydrogen) atoms. The zero-order valence-corrected chi connectivity index (χ0v) is 12.8. The van der Waals surface area contributed by atoms with Crippen LogP contribution in [0.25, 0.3) is 0 Å². The van der Waals surface area contributed by atoms with Crippen molar-refractivity contribution in [2.75, 3.05) is 13.7 Å². The number of nitrogens with zero attached hydrogens (tertiary/aromatic N) is 1. The van der Waals surface area contributed by atoms with Crippen molar-refractivity contribution in [3.05, 3.63) is 23.8 Å². The predicted molar refractivity (Wildman–Crippen MR) is 77.4 cm³/mol. The van der Waals surface area contributed by atoms with Gasteiger partial charge in [-0.3, -0.25) is 0 Å². The number of rotatable bonds is 4. The minimum Gasteiger partial charge on any atom is -0.495 e. The molecule has 0 amide bonds. The minimum absolute atomic E-state index is 0.199. The van der Waals surface area contributed by atoms with E-state index in [0.717, 1.165) is 18.4 Å². The summed E-state index contributed by atoms with van der Waals surface area (Å²) in [6.07, 6.45) is 4.30. The second kappa shape index (κ2) is 5.04. The Hall–Kier alpha value is -1.07. The first-order valence-electron chi connectivity index (χ1n) is 7.20. The van der Waals surface area contributed by atoms with Crippen molar-refractivity contribution in [1.29, 1.82) is 0 Å². The highest BCUT2D eigenvalue weighted by Crippen LogP contribution is 2.43. The van der Waals surface area contributed by atoms with Crippen LogP contribution in [0.1, 0.15) is 31.2 Å². The van der Waals surface area contributed by atoms with Crippen molar-refractivity contribution in [3.8, 4) is 5.75 Å². The number of aryl methyl sites for hydroxylation is 1. The van der Waals surface area contributed by atoms with Gasteiger partial charge in [-0.2, -0.15) is 4.31 Å². The van der Waals surface area contributed by atoms with Gasteiger partial charge in [0, 0.05) is 12.6 Å². The Balaban J connectivity index is 2.01. The van der Waals surface area contributed by atoms with E-state index >= 15 is 0 Å². The van der Waals surface area contributed by atoms with Crippen molar-refractivity contribution in [2.24, 2.45) is 5.92 Å². The van der Waals surface area contributed by atoms with Crippen LogP contribution in [0, 0.1) is 12.8 Å². The van der Waals surface area contributed by atoms with E-state index in [2.05, 4.69) is 0 Å². The lowest BCUT2D eigenvalue weighted by atomic mass is 10.1. The van der Waals surface area contributed by atoms with Crippen LogP contribution in [0.15, 0.2) is 23.1 Å². The van der Waals surface area contributed by atoms with Gasteiger partial charge in [0.25, 0.3) is 0 Å². The van der Waals surface area contributed by atoms with E-state index in [1.165, 1.54) is 20.0 Å². The Labute approximate surface area is 120 Å². The van der Waals surface area contributed by atoms with Gasteiger partial charge < -0.3 is 4.74 Å². The van der Waals surface area contributed by atoms with Gasteiger partial charge >= 0.3 is 0 Å². The molecule has 0 aromatic heterocycles. The number of ether oxygens (including phenoxy) is 1. The van der Waals surface area contributed by atoms with Crippen LogP contribution < -0.4 is 4.74 Å². The molecule has 1 unspecified atom stereocenters. The quantitative estimate of drug-likeness (QED) is 0.857. The van der Waals surface area contributed by atoms with Gasteiger partial charge in [0.2, 0.25) is 10.0 Å². The average molecular weight is 295 g/mol. The van der Waals surface area contributed by atoms with Gasteiger partial charge in [-0.05, 0) is 56.2 Å². The molecule has 0 spiro atoms. The molecule has 3 rings (SSSR count). The molecule has 1 heterocycles. The first kappa shape index (κ1) is 13.9. The fourth-order valence-corrected chi connectivity index (χ4v) is 5.12. The summed E-state index contributed by atoms with van der Waals surface area (Å²) in [6.45, 7) is 2.54. The zero-order valence-electron chi connectivity index (χ0n) is 12.0. The molecule has 2 fully saturated rings. The number of hydrogen-bond donors (Lipinski definition) is 0. The van der Waals surface area contributed by atoms with Crippen LogP contribution in [0.2, 0.25) is 0 Å². The maximum atomic E-state index is 13.0. The molecule has 1 saturated heterocycles. The zero-order chi connectivity index (χ0) is 14.3. The third-order valence-electron chi connectivity index (χ3n) is 4.32. The van der Waals surface area contributed by atoms with E-state index in [1.54, 1.807) is 16.4 Å². The highest BCUT2D eigenvalue weighted by Gasteiger charge is 2.44. The first-order valence-corrected chi connectivity index (χ1v) is 8.64. The fourth-order valence-electron chi connectivity index (χ4n) is 3.13. The van der Waals surface area contributed by atoms with Gasteiger partial charge in [-0.15, -0.1) is 0 Å². The lowest BCUT2D eigenvalue weighted by molar-refractivity contribution is 0.351. The summed E-state index contributed by atoms with van der Waals surface area (Å²) < 4.78 is 32.9. The molecule has 4 nitrogen and oxygen atoms in total. The number of sulfonamides is 1. The van der Waals surface area contributed by atoms with Crippen molar-refractivity contribution < 1.29 is 13.2 Å². The Morgan fingerprint density at radius 1 is 1.25 bits per heavy atom. The first-order chi connectivity index (χ1) is 9.54. The molecule has 1 aliphatic carbocycles. The summed E-state index contributed by atoms with van der Waals surface area (Å²) in [5, 5.41) is 0. The molecule has 5 heteroatoms. The average Bonchev–Trinajstić information content (AvgIpc) is 3.15. The summed E-state index contributed by atoms with van der Waals surface area (Å²) in [5.74, 6) is 1.01. The Kier molecular flexibility index (Phi) is 3.50. The summed E-state index contributed by atoms with van der Waals surface area (Å²) >= 11 is 0. The van der Waals surface area contributed by atoms with Crippen molar-refractivity contribution in [1.82, 2.24) is 4.31 Å². The largest absolute Gasteiger partial charge is 0.495 e. The molecule has 0 bridgehead atoms. The molecule has 2 aliphatic rings. The lowest BCUT2D eigenvalue weighted by Crippen LogP contribution is -2.37. The molecule has 1 atom stereocenters. The molecule has 1 saturated carbocycles. The van der Waals surface area contributed by atoms with Crippen LogP contribution in [-0.2, 0) is 10.0 Å². The third kappa shape index (κ3) is 2.33. The second-order valence-corrected chi connectivity index (χ2v) is 7.68. The lowest BCUT2D eigenvalue weighted by Gasteiger charge is -2.25. The van der Waals surface area contributed by atoms with E-state index in [9.17, 15) is 8.42 Å². The minimum atomic E-state index is -3.45. The molecule has 0 N–H and O–H groups in total. The van der Waals surface area contributed by atoms with Crippen molar-refractivity contribution in [3.63, 3.8) is 0 Å². The summed E-state index contributed by atoms with van der Waals surface area (Å²) in [4.78, 5) is 0.313. The van der Waals surface area contributed by atoms with E-state index in [-0.39, 0.29) is 6.04 Å². The van der Waals surface area contributed by atoms with E-state index in [1.807, 2.05) is 13.0 Å². The molecule has 1 aromatic rings. The number of benzene rings is 1. The van der Waals surface area contributed by atoms with Crippen molar-refractivity contribution >= 4 is 10.0 Å². The topological polar surface area (TPSA) is 46.6 Å². The normalized spacial score (nSPS) is 24.0. The molecular formula is C15H21NO3S. The number of hydrogen-bond acceptors (Lipinski definition) is 3. The van der Waals surface area contributed by atoms with Crippen LogP contribution >= 0.6 is 0 Å². The molecule has 110 valence electrons. The van der Waals surface area contributed by atoms with Crippen LogP contribution in [0.5, 0.6) is 5.75 Å². The third-order valence-corrected chi connectivity index (χ3v) is 6.27. The van der Waals surface area contributed by atoms with Gasteiger partial charge in [-0.25, -0.2) is 8.42 Å². The molecule has 0 radical (unpaired) electrons. The summed E-state index contributed by atoms with van der Waals surface area (Å²) in [6, 6.07) is 5.53. The summed E-state index contributed by atoms with van der Waals surface area (Å²) in [5.41, 5.74) is 0.937. The second-order valence-electron chi connectivity index (χ2n) is 5.82. The number of methoxy groups -OCH3 is 1. The van der Waals surface area contributed by atoms with Crippen molar-refractivity contribution in [2.45, 2.75) is 43.5 Å². The van der Waals surface area contributed by atoms with E-state index in [4.69, 9.17) is 4.74 Å². The van der Waals surface area contributed by atoms with Crippen LogP contribution in [0.4, 0.5) is 0 Å². The highest BCUT2D eigenvalue weighted by molar-refractivity contribution is 7.89. The molecular weight excluding hydrogens is 274 g/mol. The molecule has 1 aliphatic heterocycles. The molecule has 1 aromatic carbocycles. The van der Waals surface area contributed by atoms with Crippen LogP contribution in [-0.4, -0.2) is 32.4 Å². The Bertz CT molecular complexity index is 608. The summed E-state index contributed by atoms with van der Waals surface area (Å²) in [7, 11) is -1.93. The van der Waals surface area contributed by atoms with E-state index < -0.39 is 10.0 Å². The van der Waals surface area contributed by atoms with Gasteiger partial charge in [0.1, 0.15) is 10.6 Å². The predicted octanol–water partition coefficient (Wildman–Crippen LogP) is 2.57.